The molecule has 0 bridgehead atoms. The fraction of sp³-hybridized carbons (Fsp3) is 0.938. The average Bonchev–Trinajstić information content (AvgIpc) is 2.81. The molecule has 0 amide bonds. The van der Waals surface area contributed by atoms with Gasteiger partial charge in [-0.05, 0) is 38.0 Å². The first kappa shape index (κ1) is 17.4. The van der Waals surface area contributed by atoms with Crippen LogP contribution in [0.4, 0.5) is 0 Å². The van der Waals surface area contributed by atoms with Crippen LogP contribution in [0.1, 0.15) is 59.8 Å². The second-order valence-electron chi connectivity index (χ2n) is 6.61. The molecule has 0 radical (unpaired) electrons. The lowest BCUT2D eigenvalue weighted by Gasteiger charge is -2.37. The van der Waals surface area contributed by atoms with Crippen molar-refractivity contribution in [3.63, 3.8) is 0 Å². The van der Waals surface area contributed by atoms with Gasteiger partial charge in [-0.25, -0.2) is 0 Å². The Labute approximate surface area is 124 Å². The summed E-state index contributed by atoms with van der Waals surface area (Å²) in [5.41, 5.74) is 5.48. The zero-order chi connectivity index (χ0) is 15.3. The van der Waals surface area contributed by atoms with E-state index in [9.17, 15) is 4.79 Å². The fourth-order valence-electron chi connectivity index (χ4n) is 3.50. The van der Waals surface area contributed by atoms with E-state index < -0.39 is 5.54 Å². The molecule has 0 spiro atoms. The fourth-order valence-corrected chi connectivity index (χ4v) is 3.50. The van der Waals surface area contributed by atoms with Crippen molar-refractivity contribution in [2.75, 3.05) is 13.7 Å². The van der Waals surface area contributed by atoms with E-state index in [1.165, 1.54) is 7.11 Å². The molecule has 2 unspecified atom stereocenters. The number of hydrogen-bond donors (Lipinski definition) is 1. The van der Waals surface area contributed by atoms with Crippen LogP contribution in [0, 0.1) is 5.92 Å². The molecular weight excluding hydrogens is 252 g/mol. The highest BCUT2D eigenvalue weighted by Gasteiger charge is 2.45. The molecule has 0 saturated heterocycles. The summed E-state index contributed by atoms with van der Waals surface area (Å²) in [6, 6.07) is 0.994. The normalized spacial score (nSPS) is 26.8. The van der Waals surface area contributed by atoms with Crippen molar-refractivity contribution in [1.29, 1.82) is 0 Å². The van der Waals surface area contributed by atoms with Crippen molar-refractivity contribution >= 4 is 5.97 Å². The minimum Gasteiger partial charge on any atom is -0.468 e. The van der Waals surface area contributed by atoms with Gasteiger partial charge in [0.1, 0.15) is 5.54 Å². The van der Waals surface area contributed by atoms with Gasteiger partial charge >= 0.3 is 5.97 Å². The summed E-state index contributed by atoms with van der Waals surface area (Å²) < 4.78 is 4.88. The highest BCUT2D eigenvalue weighted by atomic mass is 16.5. The maximum absolute atomic E-state index is 11.9. The molecule has 1 saturated carbocycles. The van der Waals surface area contributed by atoms with E-state index in [1.54, 1.807) is 0 Å². The number of ether oxygens (including phenoxy) is 1. The first-order valence-electron chi connectivity index (χ1n) is 8.01. The lowest BCUT2D eigenvalue weighted by Crippen LogP contribution is -2.50. The standard InChI is InChI=1S/C16H32N2O2/c1-6-13(7-2)18(11-12(3)4)14-8-9-16(17,10-14)15(19)20-5/h12-14H,6-11,17H2,1-5H3. The highest BCUT2D eigenvalue weighted by molar-refractivity contribution is 5.81. The van der Waals surface area contributed by atoms with Crippen LogP contribution in [0.15, 0.2) is 0 Å². The van der Waals surface area contributed by atoms with Crippen LogP contribution in [0.25, 0.3) is 0 Å². The first-order valence-corrected chi connectivity index (χ1v) is 8.01. The van der Waals surface area contributed by atoms with E-state index in [2.05, 4.69) is 32.6 Å². The summed E-state index contributed by atoms with van der Waals surface area (Å²) in [5.74, 6) is 0.371. The molecule has 1 aliphatic rings. The molecular formula is C16H32N2O2. The summed E-state index contributed by atoms with van der Waals surface area (Å²) in [5, 5.41) is 0. The molecule has 1 aliphatic carbocycles. The molecule has 1 rings (SSSR count). The van der Waals surface area contributed by atoms with Gasteiger partial charge in [0, 0.05) is 18.6 Å². The number of carbonyl (C=O) groups excluding carboxylic acids is 1. The number of hydrogen-bond acceptors (Lipinski definition) is 4. The quantitative estimate of drug-likeness (QED) is 0.730. The largest absolute Gasteiger partial charge is 0.468 e. The number of methoxy groups -OCH3 is 1. The van der Waals surface area contributed by atoms with Crippen molar-refractivity contribution in [2.45, 2.75) is 77.4 Å². The van der Waals surface area contributed by atoms with E-state index >= 15 is 0 Å². The minimum absolute atomic E-state index is 0.256. The number of nitrogens with zero attached hydrogens (tertiary/aromatic N) is 1. The second-order valence-corrected chi connectivity index (χ2v) is 6.61. The highest BCUT2D eigenvalue weighted by Crippen LogP contribution is 2.34. The molecule has 0 aromatic rings. The van der Waals surface area contributed by atoms with Crippen LogP contribution in [-0.4, -0.2) is 42.1 Å². The maximum atomic E-state index is 11.9. The molecule has 4 heteroatoms. The van der Waals surface area contributed by atoms with Crippen molar-refractivity contribution in [3.05, 3.63) is 0 Å². The van der Waals surface area contributed by atoms with Crippen molar-refractivity contribution in [1.82, 2.24) is 4.90 Å². The summed E-state index contributed by atoms with van der Waals surface area (Å²) in [6.45, 7) is 10.1. The predicted octanol–water partition coefficient (Wildman–Crippen LogP) is 2.56. The number of esters is 1. The smallest absolute Gasteiger partial charge is 0.325 e. The SMILES string of the molecule is CCC(CC)N(CC(C)C)C1CCC(N)(C(=O)OC)C1. The van der Waals surface area contributed by atoms with Crippen LogP contribution in [-0.2, 0) is 9.53 Å². The van der Waals surface area contributed by atoms with Gasteiger partial charge in [-0.2, -0.15) is 0 Å². The van der Waals surface area contributed by atoms with Gasteiger partial charge < -0.3 is 10.5 Å². The molecule has 1 fully saturated rings. The van der Waals surface area contributed by atoms with Crippen molar-refractivity contribution in [3.8, 4) is 0 Å². The van der Waals surface area contributed by atoms with E-state index in [0.29, 0.717) is 18.0 Å². The molecule has 2 N–H and O–H groups in total. The van der Waals surface area contributed by atoms with Gasteiger partial charge in [-0.1, -0.05) is 27.7 Å². The Morgan fingerprint density at radius 3 is 2.45 bits per heavy atom. The number of nitrogens with two attached hydrogens (primary N) is 1. The van der Waals surface area contributed by atoms with Crippen LogP contribution in [0.2, 0.25) is 0 Å². The molecule has 0 aromatic carbocycles. The Kier molecular flexibility index (Phi) is 6.46. The van der Waals surface area contributed by atoms with Gasteiger partial charge in [0.25, 0.3) is 0 Å². The zero-order valence-electron chi connectivity index (χ0n) is 13.8. The lowest BCUT2D eigenvalue weighted by atomic mass is 9.97. The third kappa shape index (κ3) is 3.95. The molecule has 0 heterocycles. The van der Waals surface area contributed by atoms with E-state index in [0.717, 1.165) is 38.6 Å². The van der Waals surface area contributed by atoms with Gasteiger partial charge in [0.05, 0.1) is 7.11 Å². The molecule has 0 aliphatic heterocycles. The molecule has 4 nitrogen and oxygen atoms in total. The lowest BCUT2D eigenvalue weighted by molar-refractivity contribution is -0.147. The number of carbonyl (C=O) groups is 1. The summed E-state index contributed by atoms with van der Waals surface area (Å²) in [4.78, 5) is 14.5. The Hall–Kier alpha value is -0.610. The maximum Gasteiger partial charge on any atom is 0.325 e. The van der Waals surface area contributed by atoms with E-state index in [1.807, 2.05) is 0 Å². The van der Waals surface area contributed by atoms with Gasteiger partial charge in [-0.3, -0.25) is 9.69 Å². The van der Waals surface area contributed by atoms with Gasteiger partial charge in [-0.15, -0.1) is 0 Å². The summed E-state index contributed by atoms with van der Waals surface area (Å²) >= 11 is 0. The summed E-state index contributed by atoms with van der Waals surface area (Å²) in [7, 11) is 1.43. The molecule has 20 heavy (non-hydrogen) atoms. The average molecular weight is 284 g/mol. The van der Waals surface area contributed by atoms with E-state index in [4.69, 9.17) is 10.5 Å². The van der Waals surface area contributed by atoms with Crippen LogP contribution >= 0.6 is 0 Å². The third-order valence-corrected chi connectivity index (χ3v) is 4.57. The topological polar surface area (TPSA) is 55.6 Å². The molecule has 2 atom stereocenters. The first-order chi connectivity index (χ1) is 9.37. The minimum atomic E-state index is -0.777. The second kappa shape index (κ2) is 7.41. The zero-order valence-corrected chi connectivity index (χ0v) is 13.8. The Balaban J connectivity index is 2.81. The van der Waals surface area contributed by atoms with Crippen molar-refractivity contribution < 1.29 is 9.53 Å². The Morgan fingerprint density at radius 2 is 2.00 bits per heavy atom. The Morgan fingerprint density at radius 1 is 1.40 bits per heavy atom. The number of rotatable bonds is 7. The predicted molar refractivity (Wildman–Crippen MR) is 82.5 cm³/mol. The van der Waals surface area contributed by atoms with Crippen LogP contribution in [0.5, 0.6) is 0 Å². The Bertz CT molecular complexity index is 316. The summed E-state index contributed by atoms with van der Waals surface area (Å²) in [6.07, 6.45) is 4.75. The van der Waals surface area contributed by atoms with Gasteiger partial charge in [0.15, 0.2) is 0 Å². The molecule has 0 aromatic heterocycles. The van der Waals surface area contributed by atoms with Crippen molar-refractivity contribution in [2.24, 2.45) is 11.7 Å². The van der Waals surface area contributed by atoms with E-state index in [-0.39, 0.29) is 5.97 Å². The molecule has 118 valence electrons. The van der Waals surface area contributed by atoms with Crippen LogP contribution < -0.4 is 5.73 Å². The van der Waals surface area contributed by atoms with Crippen LogP contribution in [0.3, 0.4) is 0 Å². The van der Waals surface area contributed by atoms with Gasteiger partial charge in [0.2, 0.25) is 0 Å². The third-order valence-electron chi connectivity index (χ3n) is 4.57. The monoisotopic (exact) mass is 284 g/mol.